The van der Waals surface area contributed by atoms with Gasteiger partial charge in [0.1, 0.15) is 0 Å². The van der Waals surface area contributed by atoms with E-state index in [0.717, 1.165) is 36.9 Å². The Hall–Kier alpha value is -1.35. The lowest BCUT2D eigenvalue weighted by Crippen LogP contribution is -2.44. The molecule has 0 bridgehead atoms. The van der Waals surface area contributed by atoms with Gasteiger partial charge in [-0.3, -0.25) is 4.79 Å². The summed E-state index contributed by atoms with van der Waals surface area (Å²) in [6, 6.07) is 6.11. The molecule has 3 heteroatoms. The maximum absolute atomic E-state index is 12.6. The van der Waals surface area contributed by atoms with Gasteiger partial charge < -0.3 is 11.1 Å². The van der Waals surface area contributed by atoms with Crippen LogP contribution in [0, 0.1) is 12.3 Å². The molecule has 104 valence electrons. The largest absolute Gasteiger partial charge is 0.327 e. The van der Waals surface area contributed by atoms with Crippen LogP contribution in [0.4, 0.5) is 5.69 Å². The van der Waals surface area contributed by atoms with Crippen LogP contribution in [0.2, 0.25) is 0 Å². The van der Waals surface area contributed by atoms with E-state index in [1.807, 2.05) is 26.0 Å². The first-order valence-corrected chi connectivity index (χ1v) is 7.14. The number of rotatable bonds is 3. The molecule has 0 spiro atoms. The molecule has 1 saturated carbocycles. The van der Waals surface area contributed by atoms with Crippen LogP contribution in [-0.4, -0.2) is 11.9 Å². The van der Waals surface area contributed by atoms with Gasteiger partial charge in [-0.2, -0.15) is 0 Å². The Labute approximate surface area is 115 Å². The van der Waals surface area contributed by atoms with E-state index in [4.69, 9.17) is 5.73 Å². The van der Waals surface area contributed by atoms with Crippen LogP contribution >= 0.6 is 0 Å². The first-order valence-electron chi connectivity index (χ1n) is 7.14. The number of aryl methyl sites for hydroxylation is 2. The van der Waals surface area contributed by atoms with Crippen LogP contribution in [0.5, 0.6) is 0 Å². The minimum Gasteiger partial charge on any atom is -0.327 e. The molecule has 3 nitrogen and oxygen atoms in total. The zero-order chi connectivity index (χ0) is 14.0. The molecular weight excluding hydrogens is 236 g/mol. The lowest BCUT2D eigenvalue weighted by Gasteiger charge is -2.28. The predicted molar refractivity (Wildman–Crippen MR) is 79.1 cm³/mol. The first kappa shape index (κ1) is 14.1. The highest BCUT2D eigenvalue weighted by Crippen LogP contribution is 2.38. The third-order valence-electron chi connectivity index (χ3n) is 4.53. The van der Waals surface area contributed by atoms with Gasteiger partial charge in [0.05, 0.1) is 5.41 Å². The number of hydrogen-bond acceptors (Lipinski definition) is 2. The van der Waals surface area contributed by atoms with Crippen LogP contribution < -0.4 is 11.1 Å². The van der Waals surface area contributed by atoms with Gasteiger partial charge in [-0.25, -0.2) is 0 Å². The van der Waals surface area contributed by atoms with E-state index < -0.39 is 5.41 Å². The topological polar surface area (TPSA) is 55.1 Å². The second kappa shape index (κ2) is 5.33. The van der Waals surface area contributed by atoms with E-state index >= 15 is 0 Å². The Morgan fingerprint density at radius 2 is 2.26 bits per heavy atom. The average molecular weight is 260 g/mol. The number of carbonyl (C=O) groups is 1. The second-order valence-corrected chi connectivity index (χ2v) is 5.83. The van der Waals surface area contributed by atoms with E-state index in [1.54, 1.807) is 0 Å². The maximum atomic E-state index is 12.6. The molecule has 1 fully saturated rings. The van der Waals surface area contributed by atoms with Crippen LogP contribution in [-0.2, 0) is 11.2 Å². The molecule has 1 aliphatic rings. The fourth-order valence-corrected chi connectivity index (χ4v) is 2.93. The van der Waals surface area contributed by atoms with Crippen LogP contribution in [0.1, 0.15) is 44.2 Å². The fourth-order valence-electron chi connectivity index (χ4n) is 2.93. The van der Waals surface area contributed by atoms with Gasteiger partial charge in [0, 0.05) is 11.7 Å². The number of amides is 1. The molecule has 0 radical (unpaired) electrons. The minimum atomic E-state index is -0.423. The minimum absolute atomic E-state index is 0.0263. The standard InChI is InChI=1S/C16H24N2O/c1-4-12-8-5-7-11(2)14(12)18-15(19)16(3)10-6-9-13(16)17/h5,7-8,13H,4,6,9-10,17H2,1-3H3,(H,18,19). The number of nitrogens with one attached hydrogen (secondary N) is 1. The van der Waals surface area contributed by atoms with E-state index in [-0.39, 0.29) is 11.9 Å². The highest BCUT2D eigenvalue weighted by atomic mass is 16.2. The molecular formula is C16H24N2O. The molecule has 2 atom stereocenters. The van der Waals surface area contributed by atoms with Crippen molar-refractivity contribution in [2.24, 2.45) is 11.1 Å². The van der Waals surface area contributed by atoms with E-state index in [9.17, 15) is 4.79 Å². The van der Waals surface area contributed by atoms with Gasteiger partial charge in [-0.15, -0.1) is 0 Å². The Balaban J connectivity index is 2.24. The number of carbonyl (C=O) groups excluding carboxylic acids is 1. The van der Waals surface area contributed by atoms with Gasteiger partial charge in [0.25, 0.3) is 0 Å². The highest BCUT2D eigenvalue weighted by molar-refractivity contribution is 5.97. The maximum Gasteiger partial charge on any atom is 0.231 e. The molecule has 1 amide bonds. The molecule has 1 aliphatic carbocycles. The van der Waals surface area contributed by atoms with Crippen molar-refractivity contribution in [1.29, 1.82) is 0 Å². The molecule has 19 heavy (non-hydrogen) atoms. The number of anilines is 1. The molecule has 2 unspecified atom stereocenters. The number of para-hydroxylation sites is 1. The second-order valence-electron chi connectivity index (χ2n) is 5.83. The zero-order valence-corrected chi connectivity index (χ0v) is 12.1. The first-order chi connectivity index (χ1) is 8.99. The lowest BCUT2D eigenvalue weighted by molar-refractivity contribution is -0.125. The summed E-state index contributed by atoms with van der Waals surface area (Å²) in [5.41, 5.74) is 8.96. The Bertz CT molecular complexity index is 484. The van der Waals surface area contributed by atoms with E-state index in [1.165, 1.54) is 5.56 Å². The van der Waals surface area contributed by atoms with Gasteiger partial charge >= 0.3 is 0 Å². The molecule has 0 heterocycles. The summed E-state index contributed by atoms with van der Waals surface area (Å²) in [5, 5.41) is 3.12. The van der Waals surface area contributed by atoms with Crippen LogP contribution in [0.3, 0.4) is 0 Å². The summed E-state index contributed by atoms with van der Waals surface area (Å²) in [5.74, 6) is 0.0708. The summed E-state index contributed by atoms with van der Waals surface area (Å²) in [6.07, 6.45) is 3.78. The third kappa shape index (κ3) is 2.52. The molecule has 0 aliphatic heterocycles. The third-order valence-corrected chi connectivity index (χ3v) is 4.53. The van der Waals surface area contributed by atoms with E-state index in [0.29, 0.717) is 0 Å². The number of hydrogen-bond donors (Lipinski definition) is 2. The van der Waals surface area contributed by atoms with Crippen molar-refractivity contribution in [2.45, 2.75) is 52.5 Å². The molecule has 1 aromatic carbocycles. The summed E-state index contributed by atoms with van der Waals surface area (Å²) in [7, 11) is 0. The number of benzene rings is 1. The summed E-state index contributed by atoms with van der Waals surface area (Å²) in [6.45, 7) is 6.13. The molecule has 1 aromatic rings. The van der Waals surface area contributed by atoms with E-state index in [2.05, 4.69) is 18.3 Å². The van der Waals surface area contributed by atoms with Gasteiger partial charge in [0.15, 0.2) is 0 Å². The summed E-state index contributed by atoms with van der Waals surface area (Å²) in [4.78, 5) is 12.6. The SMILES string of the molecule is CCc1cccc(C)c1NC(=O)C1(C)CCCC1N. The van der Waals surface area contributed by atoms with Gasteiger partial charge in [-0.1, -0.05) is 31.5 Å². The highest BCUT2D eigenvalue weighted by Gasteiger charge is 2.43. The molecule has 3 N–H and O–H groups in total. The van der Waals surface area contributed by atoms with Crippen molar-refractivity contribution < 1.29 is 4.79 Å². The molecule has 0 saturated heterocycles. The smallest absolute Gasteiger partial charge is 0.231 e. The Morgan fingerprint density at radius 1 is 1.53 bits per heavy atom. The van der Waals surface area contributed by atoms with Crippen molar-refractivity contribution in [1.82, 2.24) is 0 Å². The van der Waals surface area contributed by atoms with Crippen LogP contribution in [0.15, 0.2) is 18.2 Å². The summed E-state index contributed by atoms with van der Waals surface area (Å²) < 4.78 is 0. The number of nitrogens with two attached hydrogens (primary N) is 1. The van der Waals surface area contributed by atoms with Crippen molar-refractivity contribution >= 4 is 11.6 Å². The Morgan fingerprint density at radius 3 is 2.84 bits per heavy atom. The van der Waals surface area contributed by atoms with Crippen molar-refractivity contribution in [3.05, 3.63) is 29.3 Å². The normalized spacial score (nSPS) is 26.4. The van der Waals surface area contributed by atoms with Gasteiger partial charge in [0.2, 0.25) is 5.91 Å². The monoisotopic (exact) mass is 260 g/mol. The average Bonchev–Trinajstić information content (AvgIpc) is 2.73. The quantitative estimate of drug-likeness (QED) is 0.877. The fraction of sp³-hybridized carbons (Fsp3) is 0.562. The molecule has 2 rings (SSSR count). The summed E-state index contributed by atoms with van der Waals surface area (Å²) >= 11 is 0. The lowest BCUT2D eigenvalue weighted by atomic mass is 9.84. The van der Waals surface area contributed by atoms with Gasteiger partial charge in [-0.05, 0) is 44.2 Å². The van der Waals surface area contributed by atoms with Crippen molar-refractivity contribution in [2.75, 3.05) is 5.32 Å². The predicted octanol–water partition coefficient (Wildman–Crippen LogP) is 3.01. The van der Waals surface area contributed by atoms with Crippen LogP contribution in [0.25, 0.3) is 0 Å². The molecule has 0 aromatic heterocycles. The Kier molecular flexibility index (Phi) is 3.95. The van der Waals surface area contributed by atoms with Crippen molar-refractivity contribution in [3.63, 3.8) is 0 Å². The van der Waals surface area contributed by atoms with Crippen molar-refractivity contribution in [3.8, 4) is 0 Å². The zero-order valence-electron chi connectivity index (χ0n) is 12.1.